The first-order valence-corrected chi connectivity index (χ1v) is 22.1. The van der Waals surface area contributed by atoms with E-state index in [2.05, 4.69) is 69.6 Å². The molecule has 1 nitrogen and oxygen atoms in total. The molecule has 4 fully saturated rings. The van der Waals surface area contributed by atoms with E-state index in [9.17, 15) is 4.79 Å². The van der Waals surface area contributed by atoms with E-state index < -0.39 is 22.3 Å². The lowest BCUT2D eigenvalue weighted by Crippen LogP contribution is -2.85. The Morgan fingerprint density at radius 2 is 1.19 bits per heavy atom. The van der Waals surface area contributed by atoms with Gasteiger partial charge in [0.05, 0.1) is 15.2 Å². The van der Waals surface area contributed by atoms with Crippen LogP contribution in [0.25, 0.3) is 0 Å². The second-order valence-electron chi connectivity index (χ2n) is 12.1. The number of carbonyl (C=O) groups is 1. The second kappa shape index (κ2) is 6.27. The Bertz CT molecular complexity index is 677. The van der Waals surface area contributed by atoms with E-state index in [4.69, 9.17) is 0 Å². The number of rotatable bonds is 5. The zero-order chi connectivity index (χ0) is 19.7. The van der Waals surface area contributed by atoms with Gasteiger partial charge in [-0.25, -0.2) is 0 Å². The predicted molar refractivity (Wildman–Crippen MR) is 124 cm³/mol. The Kier molecular flexibility index (Phi) is 4.61. The summed E-state index contributed by atoms with van der Waals surface area (Å²) in [5.74, 6) is 2.56. The van der Waals surface area contributed by atoms with Gasteiger partial charge in [0.25, 0.3) is 0 Å². The molecule has 0 spiro atoms. The van der Waals surface area contributed by atoms with Crippen molar-refractivity contribution in [3.63, 3.8) is 0 Å². The van der Waals surface area contributed by atoms with Crippen LogP contribution in [0.15, 0.2) is 30.3 Å². The minimum Gasteiger partial charge on any atom is -0.305 e. The first kappa shape index (κ1) is 19.8. The average Bonchev–Trinajstić information content (AvgIpc) is 2.52. The fraction of sp³-hybridized carbons (Fsp3) is 0.696. The van der Waals surface area contributed by atoms with Crippen LogP contribution in [0.5, 0.6) is 0 Å². The van der Waals surface area contributed by atoms with Crippen molar-refractivity contribution < 1.29 is 4.79 Å². The summed E-state index contributed by atoms with van der Waals surface area (Å²) < 4.78 is 0. The number of carbonyl (C=O) groups excluding carboxylic acids is 1. The molecular weight excluding hydrogens is 377 g/mol. The normalized spacial score (nSPS) is 33.3. The first-order chi connectivity index (χ1) is 12.5. The third-order valence-electron chi connectivity index (χ3n) is 8.32. The van der Waals surface area contributed by atoms with Crippen molar-refractivity contribution in [2.24, 2.45) is 23.2 Å². The van der Waals surface area contributed by atoms with Crippen LogP contribution in [-0.2, 0) is 4.79 Å². The average molecular weight is 415 g/mol. The molecule has 0 unspecified atom stereocenters. The smallest absolute Gasteiger partial charge is 0.147 e. The maximum absolute atomic E-state index is 14.9. The summed E-state index contributed by atoms with van der Waals surface area (Å²) in [4.78, 5) is 14.9. The van der Waals surface area contributed by atoms with Crippen molar-refractivity contribution in [2.75, 3.05) is 0 Å². The summed E-state index contributed by atoms with van der Waals surface area (Å²) in [5.41, 5.74) is 0.0530. The SMILES string of the molecule is C[Si](C)(C)[Si](C(=O)C12CC3CC(CC(C3)C1)C2)(c1ccccc1)[Si](C)(C)C. The Morgan fingerprint density at radius 3 is 1.56 bits per heavy atom. The van der Waals surface area contributed by atoms with E-state index in [1.165, 1.54) is 43.7 Å². The molecule has 0 N–H and O–H groups in total. The molecule has 0 aromatic heterocycles. The van der Waals surface area contributed by atoms with Crippen LogP contribution in [-0.4, -0.2) is 27.7 Å². The Balaban J connectivity index is 1.90. The van der Waals surface area contributed by atoms with Gasteiger partial charge < -0.3 is 4.79 Å². The van der Waals surface area contributed by atoms with E-state index in [0.717, 1.165) is 23.2 Å². The van der Waals surface area contributed by atoms with Gasteiger partial charge in [-0.1, -0.05) is 74.8 Å². The highest BCUT2D eigenvalue weighted by molar-refractivity contribution is 7.81. The van der Waals surface area contributed by atoms with Gasteiger partial charge in [0.15, 0.2) is 0 Å². The standard InChI is InChI=1S/C23H38OSi3/c1-25(2,3)27(26(4,5)6,21-10-8-7-9-11-21)22(24)23-15-18-12-19(16-23)14-20(13-18)17-23/h7-11,18-20H,12-17H2,1-6H3. The molecule has 148 valence electrons. The predicted octanol–water partition coefficient (Wildman–Crippen LogP) is 5.50. The zero-order valence-electron chi connectivity index (χ0n) is 18.3. The first-order valence-electron chi connectivity index (χ1n) is 11.1. The Morgan fingerprint density at radius 1 is 0.778 bits per heavy atom. The Labute approximate surface area is 168 Å². The summed E-state index contributed by atoms with van der Waals surface area (Å²) in [5, 5.41) is 2.32. The highest BCUT2D eigenvalue weighted by Crippen LogP contribution is 2.61. The monoisotopic (exact) mass is 414 g/mol. The molecule has 0 amide bonds. The molecule has 0 heterocycles. The van der Waals surface area contributed by atoms with Gasteiger partial charge in [-0.05, 0) is 56.3 Å². The fourth-order valence-corrected chi connectivity index (χ4v) is 54.6. The molecule has 4 aliphatic rings. The zero-order valence-corrected chi connectivity index (χ0v) is 21.3. The van der Waals surface area contributed by atoms with E-state index in [1.807, 2.05) is 0 Å². The lowest BCUT2D eigenvalue weighted by molar-refractivity contribution is -0.135. The molecule has 0 saturated heterocycles. The van der Waals surface area contributed by atoms with Gasteiger partial charge in [0.1, 0.15) is 12.5 Å². The van der Waals surface area contributed by atoms with E-state index in [0.29, 0.717) is 0 Å². The van der Waals surface area contributed by atoms with Crippen molar-refractivity contribution in [3.05, 3.63) is 30.3 Å². The van der Waals surface area contributed by atoms with Gasteiger partial charge in [-0.2, -0.15) is 0 Å². The molecule has 4 heteroatoms. The van der Waals surface area contributed by atoms with Gasteiger partial charge >= 0.3 is 0 Å². The van der Waals surface area contributed by atoms with Gasteiger partial charge in [0, 0.05) is 5.41 Å². The summed E-state index contributed by atoms with van der Waals surface area (Å²) in [6.07, 6.45) is 7.96. The van der Waals surface area contributed by atoms with Gasteiger partial charge in [-0.15, -0.1) is 0 Å². The maximum atomic E-state index is 14.9. The summed E-state index contributed by atoms with van der Waals surface area (Å²) in [6.45, 7) is 15.2. The molecule has 0 radical (unpaired) electrons. The van der Waals surface area contributed by atoms with E-state index in [-0.39, 0.29) is 5.41 Å². The number of hydrogen-bond acceptors (Lipinski definition) is 1. The molecule has 1 aromatic rings. The quantitative estimate of drug-likeness (QED) is 0.581. The molecule has 1 aromatic carbocycles. The lowest BCUT2D eigenvalue weighted by atomic mass is 9.50. The molecular formula is C23H38OSi3. The van der Waals surface area contributed by atoms with Crippen LogP contribution >= 0.6 is 0 Å². The number of benzene rings is 1. The second-order valence-corrected chi connectivity index (χ2v) is 38.7. The highest BCUT2D eigenvalue weighted by atomic mass is 29.6. The van der Waals surface area contributed by atoms with E-state index in [1.54, 1.807) is 0 Å². The molecule has 0 aliphatic heterocycles. The molecule has 4 aliphatic carbocycles. The molecule has 0 atom stereocenters. The largest absolute Gasteiger partial charge is 0.305 e. The van der Waals surface area contributed by atoms with Crippen molar-refractivity contribution in [2.45, 2.75) is 77.8 Å². The van der Waals surface area contributed by atoms with Crippen molar-refractivity contribution in [3.8, 4) is 0 Å². The van der Waals surface area contributed by atoms with Crippen LogP contribution in [0.1, 0.15) is 38.5 Å². The number of hydrogen-bond donors (Lipinski definition) is 0. The van der Waals surface area contributed by atoms with Gasteiger partial charge in [0.2, 0.25) is 0 Å². The van der Waals surface area contributed by atoms with E-state index >= 15 is 0 Å². The minimum absolute atomic E-state index is 0.0530. The third kappa shape index (κ3) is 2.84. The summed E-state index contributed by atoms with van der Waals surface area (Å²) in [7, 11) is -5.58. The fourth-order valence-electron chi connectivity index (χ4n) is 8.28. The van der Waals surface area contributed by atoms with Crippen LogP contribution in [0.3, 0.4) is 0 Å². The molecule has 4 saturated carbocycles. The Hall–Kier alpha value is -0.459. The van der Waals surface area contributed by atoms with Crippen LogP contribution in [0.2, 0.25) is 39.3 Å². The van der Waals surface area contributed by atoms with Crippen LogP contribution in [0, 0.1) is 23.2 Å². The third-order valence-corrected chi connectivity index (χ3v) is 45.3. The highest BCUT2D eigenvalue weighted by Gasteiger charge is 2.67. The van der Waals surface area contributed by atoms with Gasteiger partial charge in [-0.3, -0.25) is 0 Å². The lowest BCUT2D eigenvalue weighted by Gasteiger charge is -2.61. The summed E-state index contributed by atoms with van der Waals surface area (Å²) in [6, 6.07) is 11.2. The van der Waals surface area contributed by atoms with Crippen LogP contribution in [0.4, 0.5) is 0 Å². The molecule has 27 heavy (non-hydrogen) atoms. The maximum Gasteiger partial charge on any atom is 0.147 e. The van der Waals surface area contributed by atoms with Crippen molar-refractivity contribution in [1.29, 1.82) is 0 Å². The van der Waals surface area contributed by atoms with Crippen LogP contribution < -0.4 is 5.19 Å². The van der Waals surface area contributed by atoms with Crippen molar-refractivity contribution >= 4 is 32.9 Å². The topological polar surface area (TPSA) is 17.1 Å². The molecule has 4 bridgehead atoms. The minimum atomic E-state index is -2.22. The van der Waals surface area contributed by atoms with Crippen molar-refractivity contribution in [1.82, 2.24) is 0 Å². The molecule has 5 rings (SSSR count). The summed E-state index contributed by atoms with van der Waals surface area (Å²) >= 11 is 0.